The van der Waals surface area contributed by atoms with Crippen LogP contribution >= 0.6 is 11.8 Å². The molecule has 3 nitrogen and oxygen atoms in total. The Labute approximate surface area is 58.2 Å². The van der Waals surface area contributed by atoms with Gasteiger partial charge in [0, 0.05) is 11.2 Å². The summed E-state index contributed by atoms with van der Waals surface area (Å²) in [6, 6.07) is 0. The lowest BCUT2D eigenvalue weighted by Crippen LogP contribution is -1.86. The van der Waals surface area contributed by atoms with Gasteiger partial charge in [0.05, 0.1) is 0 Å². The van der Waals surface area contributed by atoms with Gasteiger partial charge < -0.3 is 0 Å². The largest absolute Gasteiger partial charge is 0.285 e. The summed E-state index contributed by atoms with van der Waals surface area (Å²) >= 11 is 5.22. The second kappa shape index (κ2) is 5.77. The first-order valence-electron chi connectivity index (χ1n) is 1.51. The van der Waals surface area contributed by atoms with Crippen LogP contribution < -0.4 is 0 Å². The summed E-state index contributed by atoms with van der Waals surface area (Å²) in [4.78, 5) is 0. The van der Waals surface area contributed by atoms with Crippen molar-refractivity contribution in [2.75, 3.05) is 12.5 Å². The molecule has 0 unspecified atom stereocenters. The first kappa shape index (κ1) is 11.4. The SMILES string of the molecule is CSC.O=S(O)(O)=S. The maximum absolute atomic E-state index is 9.11. The highest BCUT2D eigenvalue weighted by Gasteiger charge is 1.78. The van der Waals surface area contributed by atoms with Crippen molar-refractivity contribution in [3.8, 4) is 0 Å². The Bertz CT molecular complexity index is 106. The number of thioether (sulfide) groups is 1. The Balaban J connectivity index is 0. The third kappa shape index (κ3) is 516. The van der Waals surface area contributed by atoms with Gasteiger partial charge in [-0.2, -0.15) is 16.0 Å². The van der Waals surface area contributed by atoms with Gasteiger partial charge in [-0.05, 0) is 12.5 Å². The van der Waals surface area contributed by atoms with Gasteiger partial charge in [0.2, 0.25) is 0 Å². The van der Waals surface area contributed by atoms with Crippen LogP contribution in [0.2, 0.25) is 0 Å². The van der Waals surface area contributed by atoms with Gasteiger partial charge in [0.1, 0.15) is 0 Å². The lowest BCUT2D eigenvalue weighted by Gasteiger charge is -1.73. The van der Waals surface area contributed by atoms with Crippen molar-refractivity contribution in [2.45, 2.75) is 0 Å². The first-order chi connectivity index (χ1) is 3.41. The summed E-state index contributed by atoms with van der Waals surface area (Å²) in [6.45, 7) is 0. The van der Waals surface area contributed by atoms with Crippen LogP contribution in [0.1, 0.15) is 0 Å². The summed E-state index contributed by atoms with van der Waals surface area (Å²) in [5.74, 6) is 0. The van der Waals surface area contributed by atoms with E-state index in [-0.39, 0.29) is 0 Å². The molecular formula is C2H8O3S3. The lowest BCUT2D eigenvalue weighted by molar-refractivity contribution is 0.450. The standard InChI is InChI=1S/C2H6S.H2O3S2/c1-3-2;1-5(2,3)4/h1-2H3;(H2,1,2,3,4). The molecule has 0 spiro atoms. The minimum Gasteiger partial charge on any atom is -0.285 e. The van der Waals surface area contributed by atoms with Gasteiger partial charge in [-0.3, -0.25) is 9.11 Å². The Hall–Kier alpha value is 0.640. The van der Waals surface area contributed by atoms with E-state index in [4.69, 9.17) is 13.3 Å². The highest BCUT2D eigenvalue weighted by Crippen LogP contribution is 1.70. The fourth-order valence-electron chi connectivity index (χ4n) is 0. The van der Waals surface area contributed by atoms with E-state index in [1.165, 1.54) is 0 Å². The molecule has 0 fully saturated rings. The summed E-state index contributed by atoms with van der Waals surface area (Å²) in [6.07, 6.45) is 4.08. The molecule has 0 bridgehead atoms. The van der Waals surface area contributed by atoms with Gasteiger partial charge in [-0.15, -0.1) is 0 Å². The number of rotatable bonds is 0. The second-order valence-electron chi connectivity index (χ2n) is 0.856. The van der Waals surface area contributed by atoms with E-state index in [1.807, 2.05) is 12.5 Å². The van der Waals surface area contributed by atoms with Crippen LogP contribution in [0.15, 0.2) is 0 Å². The maximum Gasteiger partial charge on any atom is 0.263 e. The predicted octanol–water partition coefficient (Wildman–Crippen LogP) is 0.658. The van der Waals surface area contributed by atoms with E-state index in [0.717, 1.165) is 0 Å². The molecule has 2 N–H and O–H groups in total. The van der Waals surface area contributed by atoms with Crippen LogP contribution in [-0.4, -0.2) is 25.8 Å². The van der Waals surface area contributed by atoms with Crippen molar-refractivity contribution in [3.63, 3.8) is 0 Å². The van der Waals surface area contributed by atoms with Crippen molar-refractivity contribution < 1.29 is 13.3 Å². The Kier molecular flexibility index (Phi) is 8.25. The molecule has 6 heteroatoms. The molecule has 0 heterocycles. The highest BCUT2D eigenvalue weighted by atomic mass is 32.9. The molecule has 0 aliphatic rings. The normalized spacial score (nSPS) is 9.50. The topological polar surface area (TPSA) is 57.5 Å². The summed E-state index contributed by atoms with van der Waals surface area (Å²) < 4.78 is 24.0. The van der Waals surface area contributed by atoms with Crippen LogP contribution in [0.5, 0.6) is 0 Å². The molecule has 0 atom stereocenters. The molecule has 0 aliphatic heterocycles. The second-order valence-corrected chi connectivity index (χ2v) is 3.87. The fraction of sp³-hybridized carbons (Fsp3) is 1.00. The molecule has 0 saturated heterocycles. The molecule has 0 amide bonds. The molecule has 0 aromatic rings. The van der Waals surface area contributed by atoms with Gasteiger partial charge in [0.25, 0.3) is 9.05 Å². The zero-order chi connectivity index (χ0) is 7.21. The van der Waals surface area contributed by atoms with Crippen molar-refractivity contribution >= 4 is 32.0 Å². The van der Waals surface area contributed by atoms with E-state index in [9.17, 15) is 0 Å². The number of hydrogen-bond acceptors (Lipinski definition) is 3. The zero-order valence-corrected chi connectivity index (χ0v) is 6.98. The van der Waals surface area contributed by atoms with E-state index in [0.29, 0.717) is 0 Å². The van der Waals surface area contributed by atoms with Crippen LogP contribution in [0.3, 0.4) is 0 Å². The third-order valence-corrected chi connectivity index (χ3v) is 0. The summed E-state index contributed by atoms with van der Waals surface area (Å²) in [5, 5.41) is 0. The molecule has 8 heavy (non-hydrogen) atoms. The van der Waals surface area contributed by atoms with Gasteiger partial charge in [-0.1, -0.05) is 0 Å². The highest BCUT2D eigenvalue weighted by molar-refractivity contribution is 8.26. The van der Waals surface area contributed by atoms with Crippen LogP contribution in [0.4, 0.5) is 0 Å². The van der Waals surface area contributed by atoms with Gasteiger partial charge >= 0.3 is 0 Å². The van der Waals surface area contributed by atoms with Crippen LogP contribution in [0.25, 0.3) is 0 Å². The molecular weight excluding hydrogens is 168 g/mol. The molecule has 0 aliphatic carbocycles. The van der Waals surface area contributed by atoms with E-state index in [1.54, 1.807) is 11.8 Å². The molecule has 0 aromatic heterocycles. The smallest absolute Gasteiger partial charge is 0.263 e. The van der Waals surface area contributed by atoms with Crippen molar-refractivity contribution in [2.24, 2.45) is 0 Å². The molecule has 52 valence electrons. The van der Waals surface area contributed by atoms with E-state index >= 15 is 0 Å². The molecule has 0 rings (SSSR count). The molecule has 0 radical (unpaired) electrons. The average molecular weight is 176 g/mol. The maximum atomic E-state index is 9.11. The molecule has 0 saturated carbocycles. The van der Waals surface area contributed by atoms with Gasteiger partial charge in [-0.25, -0.2) is 0 Å². The van der Waals surface area contributed by atoms with E-state index < -0.39 is 9.05 Å². The monoisotopic (exact) mass is 176 g/mol. The Morgan fingerprint density at radius 2 is 1.50 bits per heavy atom. The first-order valence-corrected chi connectivity index (χ1v) is 5.54. The predicted molar refractivity (Wildman–Crippen MR) is 40.2 cm³/mol. The van der Waals surface area contributed by atoms with Crippen LogP contribution in [-0.2, 0) is 20.2 Å². The van der Waals surface area contributed by atoms with E-state index in [2.05, 4.69) is 11.2 Å². The summed E-state index contributed by atoms with van der Waals surface area (Å²) in [7, 11) is -3.83. The lowest BCUT2D eigenvalue weighted by atomic mass is 11.9. The third-order valence-electron chi connectivity index (χ3n) is 0. The molecule has 0 aromatic carbocycles. The average Bonchev–Trinajstić information content (AvgIpc) is 1.27. The minimum absolute atomic E-state index is 1.75. The van der Waals surface area contributed by atoms with Crippen LogP contribution in [0, 0.1) is 0 Å². The minimum atomic E-state index is -3.83. The quantitative estimate of drug-likeness (QED) is 0.568. The van der Waals surface area contributed by atoms with Crippen molar-refractivity contribution in [1.82, 2.24) is 0 Å². The zero-order valence-electron chi connectivity index (χ0n) is 4.53. The van der Waals surface area contributed by atoms with Crippen molar-refractivity contribution in [1.29, 1.82) is 0 Å². The Morgan fingerprint density at radius 3 is 1.50 bits per heavy atom. The number of hydrogen-bond donors (Lipinski definition) is 2. The summed E-state index contributed by atoms with van der Waals surface area (Å²) in [5.41, 5.74) is 0. The Morgan fingerprint density at radius 1 is 1.50 bits per heavy atom. The van der Waals surface area contributed by atoms with Gasteiger partial charge in [0.15, 0.2) is 0 Å². The van der Waals surface area contributed by atoms with Crippen molar-refractivity contribution in [3.05, 3.63) is 0 Å². The fourth-order valence-corrected chi connectivity index (χ4v) is 0.